The quantitative estimate of drug-likeness (QED) is 0.907. The fourth-order valence-electron chi connectivity index (χ4n) is 2.29. The molecule has 1 saturated heterocycles. The van der Waals surface area contributed by atoms with E-state index >= 15 is 0 Å². The molecule has 0 aromatic carbocycles. The highest BCUT2D eigenvalue weighted by Crippen LogP contribution is 2.21. The van der Waals surface area contributed by atoms with Gasteiger partial charge in [-0.15, -0.1) is 11.3 Å². The van der Waals surface area contributed by atoms with E-state index in [1.165, 1.54) is 11.3 Å². The molecule has 0 spiro atoms. The molecular formula is C13H21N3OS. The highest BCUT2D eigenvalue weighted by atomic mass is 32.1. The Kier molecular flexibility index (Phi) is 4.24. The molecule has 100 valence electrons. The van der Waals surface area contributed by atoms with E-state index in [1.54, 1.807) is 6.07 Å². The maximum Gasteiger partial charge on any atom is 0.266 e. The Labute approximate surface area is 112 Å². The second kappa shape index (κ2) is 5.71. The van der Waals surface area contributed by atoms with E-state index in [4.69, 9.17) is 5.73 Å². The van der Waals surface area contributed by atoms with Crippen molar-refractivity contribution in [2.24, 2.45) is 5.92 Å². The normalized spacial score (nSPS) is 17.4. The van der Waals surface area contributed by atoms with Gasteiger partial charge in [0, 0.05) is 32.7 Å². The first-order chi connectivity index (χ1) is 8.58. The van der Waals surface area contributed by atoms with E-state index in [9.17, 15) is 4.79 Å². The van der Waals surface area contributed by atoms with Crippen molar-refractivity contribution < 1.29 is 4.79 Å². The van der Waals surface area contributed by atoms with Crippen LogP contribution in [0.25, 0.3) is 0 Å². The number of hydrogen-bond donors (Lipinski definition) is 1. The molecule has 4 nitrogen and oxygen atoms in total. The number of nitrogens with zero attached hydrogens (tertiary/aromatic N) is 2. The number of nitrogens with two attached hydrogens (primary N) is 1. The molecule has 1 aromatic heterocycles. The van der Waals surface area contributed by atoms with Crippen LogP contribution in [0.1, 0.15) is 23.5 Å². The number of thiophene rings is 1. The van der Waals surface area contributed by atoms with Gasteiger partial charge >= 0.3 is 0 Å². The maximum absolute atomic E-state index is 12.2. The van der Waals surface area contributed by atoms with E-state index in [0.717, 1.165) is 32.7 Å². The summed E-state index contributed by atoms with van der Waals surface area (Å²) in [6.45, 7) is 9.12. The number of carbonyl (C=O) groups is 1. The van der Waals surface area contributed by atoms with Crippen LogP contribution in [0.15, 0.2) is 11.4 Å². The topological polar surface area (TPSA) is 49.6 Å². The maximum atomic E-state index is 12.2. The number of anilines is 1. The van der Waals surface area contributed by atoms with Crippen LogP contribution in [0.3, 0.4) is 0 Å². The zero-order valence-corrected chi connectivity index (χ0v) is 11.9. The summed E-state index contributed by atoms with van der Waals surface area (Å²) in [7, 11) is 0. The van der Waals surface area contributed by atoms with Crippen molar-refractivity contribution in [2.45, 2.75) is 13.8 Å². The Balaban J connectivity index is 1.90. The van der Waals surface area contributed by atoms with Crippen LogP contribution >= 0.6 is 11.3 Å². The SMILES string of the molecule is CC(C)CN1CCN(C(=O)c2sccc2N)CC1. The molecule has 1 aliphatic rings. The molecule has 2 N–H and O–H groups in total. The zero-order valence-electron chi connectivity index (χ0n) is 11.1. The first-order valence-corrected chi connectivity index (χ1v) is 7.30. The van der Waals surface area contributed by atoms with Crippen molar-refractivity contribution in [3.63, 3.8) is 0 Å². The van der Waals surface area contributed by atoms with Crippen molar-refractivity contribution in [1.29, 1.82) is 0 Å². The van der Waals surface area contributed by atoms with Crippen LogP contribution in [0.2, 0.25) is 0 Å². The minimum atomic E-state index is 0.0895. The number of piperazine rings is 1. The zero-order chi connectivity index (χ0) is 13.1. The van der Waals surface area contributed by atoms with Crippen LogP contribution in [-0.2, 0) is 0 Å². The minimum absolute atomic E-state index is 0.0895. The molecule has 5 heteroatoms. The average molecular weight is 267 g/mol. The summed E-state index contributed by atoms with van der Waals surface area (Å²) in [6.07, 6.45) is 0. The third kappa shape index (κ3) is 3.03. The van der Waals surface area contributed by atoms with Crippen LogP contribution in [-0.4, -0.2) is 48.4 Å². The van der Waals surface area contributed by atoms with Gasteiger partial charge < -0.3 is 10.6 Å². The fourth-order valence-corrected chi connectivity index (χ4v) is 3.07. The van der Waals surface area contributed by atoms with E-state index in [0.29, 0.717) is 16.5 Å². The number of amides is 1. The lowest BCUT2D eigenvalue weighted by molar-refractivity contribution is 0.0629. The molecule has 0 unspecified atom stereocenters. The molecule has 0 bridgehead atoms. The van der Waals surface area contributed by atoms with Gasteiger partial charge in [0.25, 0.3) is 5.91 Å². The molecule has 1 aliphatic heterocycles. The highest BCUT2D eigenvalue weighted by Gasteiger charge is 2.24. The molecule has 2 rings (SSSR count). The lowest BCUT2D eigenvalue weighted by Gasteiger charge is -2.35. The van der Waals surface area contributed by atoms with E-state index in [-0.39, 0.29) is 5.91 Å². The molecule has 1 fully saturated rings. The molecule has 0 saturated carbocycles. The Hall–Kier alpha value is -1.07. The van der Waals surface area contributed by atoms with E-state index < -0.39 is 0 Å². The summed E-state index contributed by atoms with van der Waals surface area (Å²) in [6, 6.07) is 1.80. The molecule has 0 aliphatic carbocycles. The minimum Gasteiger partial charge on any atom is -0.397 e. The van der Waals surface area contributed by atoms with Gasteiger partial charge in [0.1, 0.15) is 4.88 Å². The predicted molar refractivity (Wildman–Crippen MR) is 75.9 cm³/mol. The van der Waals surface area contributed by atoms with Crippen molar-refractivity contribution >= 4 is 22.9 Å². The Morgan fingerprint density at radius 1 is 1.39 bits per heavy atom. The van der Waals surface area contributed by atoms with E-state index in [2.05, 4.69) is 18.7 Å². The van der Waals surface area contributed by atoms with Gasteiger partial charge in [-0.25, -0.2) is 0 Å². The van der Waals surface area contributed by atoms with Gasteiger partial charge in [-0.1, -0.05) is 13.8 Å². The largest absolute Gasteiger partial charge is 0.397 e. The van der Waals surface area contributed by atoms with Crippen LogP contribution in [0.4, 0.5) is 5.69 Å². The molecule has 1 amide bonds. The van der Waals surface area contributed by atoms with Gasteiger partial charge in [-0.05, 0) is 17.4 Å². The third-order valence-corrected chi connectivity index (χ3v) is 4.09. The first-order valence-electron chi connectivity index (χ1n) is 6.42. The molecule has 0 radical (unpaired) electrons. The standard InChI is InChI=1S/C13H21N3OS/c1-10(2)9-15-4-6-16(7-5-15)13(17)12-11(14)3-8-18-12/h3,8,10H,4-7,9,14H2,1-2H3. The van der Waals surface area contributed by atoms with Gasteiger partial charge in [-0.2, -0.15) is 0 Å². The lowest BCUT2D eigenvalue weighted by Crippen LogP contribution is -2.49. The second-order valence-electron chi connectivity index (χ2n) is 5.19. The van der Waals surface area contributed by atoms with Gasteiger partial charge in [0.15, 0.2) is 0 Å². The molecule has 1 aromatic rings. The van der Waals surface area contributed by atoms with Crippen LogP contribution < -0.4 is 5.73 Å². The summed E-state index contributed by atoms with van der Waals surface area (Å²) in [4.78, 5) is 17.3. The monoisotopic (exact) mass is 267 g/mol. The van der Waals surface area contributed by atoms with Gasteiger partial charge in [-0.3, -0.25) is 9.69 Å². The number of rotatable bonds is 3. The summed E-state index contributed by atoms with van der Waals surface area (Å²) in [5.41, 5.74) is 6.40. The third-order valence-electron chi connectivity index (χ3n) is 3.17. The second-order valence-corrected chi connectivity index (χ2v) is 6.11. The van der Waals surface area contributed by atoms with Crippen molar-refractivity contribution in [3.05, 3.63) is 16.3 Å². The summed E-state index contributed by atoms with van der Waals surface area (Å²) >= 11 is 1.43. The Bertz CT molecular complexity index is 408. The van der Waals surface area contributed by atoms with Crippen molar-refractivity contribution in [1.82, 2.24) is 9.80 Å². The summed E-state index contributed by atoms with van der Waals surface area (Å²) < 4.78 is 0. The molecule has 2 heterocycles. The van der Waals surface area contributed by atoms with Gasteiger partial charge in [0.2, 0.25) is 0 Å². The summed E-state index contributed by atoms with van der Waals surface area (Å²) in [5, 5.41) is 1.87. The highest BCUT2D eigenvalue weighted by molar-refractivity contribution is 7.12. The molecular weight excluding hydrogens is 246 g/mol. The molecule has 18 heavy (non-hydrogen) atoms. The fraction of sp³-hybridized carbons (Fsp3) is 0.615. The Morgan fingerprint density at radius 3 is 2.56 bits per heavy atom. The predicted octanol–water partition coefficient (Wildman–Crippen LogP) is 1.74. The number of hydrogen-bond acceptors (Lipinski definition) is 4. The van der Waals surface area contributed by atoms with Crippen molar-refractivity contribution in [2.75, 3.05) is 38.5 Å². The van der Waals surface area contributed by atoms with Gasteiger partial charge in [0.05, 0.1) is 5.69 Å². The lowest BCUT2D eigenvalue weighted by atomic mass is 10.2. The number of nitrogen functional groups attached to an aromatic ring is 1. The number of carbonyl (C=O) groups excluding carboxylic acids is 1. The van der Waals surface area contributed by atoms with E-state index in [1.807, 2.05) is 10.3 Å². The van der Waals surface area contributed by atoms with Crippen molar-refractivity contribution in [3.8, 4) is 0 Å². The Morgan fingerprint density at radius 2 is 2.06 bits per heavy atom. The molecule has 0 atom stereocenters. The first kappa shape index (κ1) is 13.4. The van der Waals surface area contributed by atoms with Crippen LogP contribution in [0, 0.1) is 5.92 Å². The average Bonchev–Trinajstić information content (AvgIpc) is 2.75. The smallest absolute Gasteiger partial charge is 0.266 e. The summed E-state index contributed by atoms with van der Waals surface area (Å²) in [5.74, 6) is 0.770. The van der Waals surface area contributed by atoms with Crippen LogP contribution in [0.5, 0.6) is 0 Å².